The van der Waals surface area contributed by atoms with Gasteiger partial charge >= 0.3 is 0 Å². The van der Waals surface area contributed by atoms with E-state index in [2.05, 4.69) is 42.2 Å². The van der Waals surface area contributed by atoms with Crippen molar-refractivity contribution >= 4 is 33.0 Å². The van der Waals surface area contributed by atoms with Crippen LogP contribution in [0.25, 0.3) is 10.1 Å². The van der Waals surface area contributed by atoms with E-state index in [-0.39, 0.29) is 5.91 Å². The van der Waals surface area contributed by atoms with E-state index >= 15 is 0 Å². The van der Waals surface area contributed by atoms with Gasteiger partial charge in [0, 0.05) is 30.9 Å². The number of anilines is 1. The minimum absolute atomic E-state index is 0.185. The van der Waals surface area contributed by atoms with Crippen molar-refractivity contribution in [2.75, 3.05) is 38.2 Å². The average Bonchev–Trinajstić information content (AvgIpc) is 3.12. The van der Waals surface area contributed by atoms with Crippen LogP contribution in [0, 0.1) is 0 Å². The van der Waals surface area contributed by atoms with Crippen LogP contribution >= 0.6 is 11.3 Å². The number of thiophene rings is 1. The molecule has 28 heavy (non-hydrogen) atoms. The van der Waals surface area contributed by atoms with Crippen LogP contribution in [0.3, 0.4) is 0 Å². The highest BCUT2D eigenvalue weighted by Crippen LogP contribution is 2.34. The van der Waals surface area contributed by atoms with Crippen molar-refractivity contribution in [3.63, 3.8) is 0 Å². The van der Waals surface area contributed by atoms with Crippen molar-refractivity contribution in [3.8, 4) is 5.75 Å². The second kappa shape index (κ2) is 8.23. The lowest BCUT2D eigenvalue weighted by Gasteiger charge is -2.36. The first-order valence-corrected chi connectivity index (χ1v) is 10.7. The summed E-state index contributed by atoms with van der Waals surface area (Å²) in [4.78, 5) is 18.6. The SMILES string of the molecule is CCCc1c(C(=O)N2CCN(c3ccccc3OC)CC2)sc2ccccc12. The number of rotatable bonds is 5. The van der Waals surface area contributed by atoms with E-state index in [0.29, 0.717) is 0 Å². The molecule has 0 atom stereocenters. The Balaban J connectivity index is 1.53. The highest BCUT2D eigenvalue weighted by Gasteiger charge is 2.27. The molecule has 1 fully saturated rings. The number of amides is 1. The van der Waals surface area contributed by atoms with Crippen molar-refractivity contribution in [3.05, 3.63) is 59.0 Å². The molecular formula is C23H26N2O2S. The number of carbonyl (C=O) groups excluding carboxylic acids is 1. The highest BCUT2D eigenvalue weighted by molar-refractivity contribution is 7.21. The van der Waals surface area contributed by atoms with Crippen LogP contribution in [0.4, 0.5) is 5.69 Å². The van der Waals surface area contributed by atoms with Crippen molar-refractivity contribution in [1.29, 1.82) is 0 Å². The van der Waals surface area contributed by atoms with Crippen molar-refractivity contribution in [1.82, 2.24) is 4.90 Å². The molecule has 5 heteroatoms. The third-order valence-corrected chi connectivity index (χ3v) is 6.59. The normalized spacial score (nSPS) is 14.5. The number of hydrogen-bond donors (Lipinski definition) is 0. The zero-order valence-electron chi connectivity index (χ0n) is 16.5. The summed E-state index contributed by atoms with van der Waals surface area (Å²) in [6.45, 7) is 5.28. The van der Waals surface area contributed by atoms with Crippen LogP contribution in [-0.2, 0) is 6.42 Å². The Kier molecular flexibility index (Phi) is 5.53. The van der Waals surface area contributed by atoms with E-state index in [4.69, 9.17) is 4.74 Å². The maximum Gasteiger partial charge on any atom is 0.264 e. The molecule has 0 spiro atoms. The number of piperazine rings is 1. The first kappa shape index (κ1) is 18.8. The van der Waals surface area contributed by atoms with Gasteiger partial charge in [0.15, 0.2) is 0 Å². The third kappa shape index (κ3) is 3.47. The number of carbonyl (C=O) groups is 1. The topological polar surface area (TPSA) is 32.8 Å². The zero-order chi connectivity index (χ0) is 19.5. The molecule has 1 aliphatic rings. The summed E-state index contributed by atoms with van der Waals surface area (Å²) in [5.74, 6) is 1.07. The average molecular weight is 395 g/mol. The van der Waals surface area contributed by atoms with Gasteiger partial charge in [0.1, 0.15) is 5.75 Å². The Morgan fingerprint density at radius 3 is 2.50 bits per heavy atom. The van der Waals surface area contributed by atoms with Crippen LogP contribution in [0.1, 0.15) is 28.6 Å². The summed E-state index contributed by atoms with van der Waals surface area (Å²) in [6, 6.07) is 16.5. The van der Waals surface area contributed by atoms with Crippen molar-refractivity contribution in [2.45, 2.75) is 19.8 Å². The summed E-state index contributed by atoms with van der Waals surface area (Å²) in [5.41, 5.74) is 2.32. The molecule has 1 saturated heterocycles. The van der Waals surface area contributed by atoms with Gasteiger partial charge in [-0.05, 0) is 35.6 Å². The molecule has 0 unspecified atom stereocenters. The molecule has 4 nitrogen and oxygen atoms in total. The van der Waals surface area contributed by atoms with Crippen LogP contribution in [0.5, 0.6) is 5.75 Å². The lowest BCUT2D eigenvalue weighted by atomic mass is 10.1. The molecule has 1 aliphatic heterocycles. The minimum atomic E-state index is 0.185. The maximum atomic E-state index is 13.3. The summed E-state index contributed by atoms with van der Waals surface area (Å²) >= 11 is 1.64. The fourth-order valence-corrected chi connectivity index (χ4v) is 5.17. The maximum absolute atomic E-state index is 13.3. The summed E-state index contributed by atoms with van der Waals surface area (Å²) in [7, 11) is 1.70. The highest BCUT2D eigenvalue weighted by atomic mass is 32.1. The standard InChI is InChI=1S/C23H26N2O2S/c1-3-8-18-17-9-4-7-12-21(17)28-22(18)23(26)25-15-13-24(14-16-25)19-10-5-6-11-20(19)27-2/h4-7,9-12H,3,8,13-16H2,1-2H3. The number of benzene rings is 2. The minimum Gasteiger partial charge on any atom is -0.495 e. The predicted octanol–water partition coefficient (Wildman–Crippen LogP) is 4.82. The molecule has 2 aromatic carbocycles. The Morgan fingerprint density at radius 1 is 1.04 bits per heavy atom. The molecule has 3 aromatic rings. The van der Waals surface area contributed by atoms with E-state index in [1.54, 1.807) is 18.4 Å². The molecule has 1 amide bonds. The molecule has 0 radical (unpaired) electrons. The van der Waals surface area contributed by atoms with Gasteiger partial charge in [0.2, 0.25) is 0 Å². The molecule has 4 rings (SSSR count). The third-order valence-electron chi connectivity index (χ3n) is 5.39. The lowest BCUT2D eigenvalue weighted by molar-refractivity contribution is 0.0750. The van der Waals surface area contributed by atoms with E-state index in [9.17, 15) is 4.79 Å². The number of aryl methyl sites for hydroxylation is 1. The molecular weight excluding hydrogens is 368 g/mol. The fourth-order valence-electron chi connectivity index (χ4n) is 3.95. The largest absolute Gasteiger partial charge is 0.495 e. The van der Waals surface area contributed by atoms with Gasteiger partial charge in [-0.2, -0.15) is 0 Å². The first-order valence-electron chi connectivity index (χ1n) is 9.90. The fraction of sp³-hybridized carbons (Fsp3) is 0.348. The van der Waals surface area contributed by atoms with Gasteiger partial charge in [-0.1, -0.05) is 43.7 Å². The van der Waals surface area contributed by atoms with E-state index in [0.717, 1.165) is 55.3 Å². The number of methoxy groups -OCH3 is 1. The molecule has 0 bridgehead atoms. The van der Waals surface area contributed by atoms with Gasteiger partial charge in [-0.15, -0.1) is 11.3 Å². The van der Waals surface area contributed by atoms with Crippen LogP contribution in [0.15, 0.2) is 48.5 Å². The summed E-state index contributed by atoms with van der Waals surface area (Å²) in [6.07, 6.45) is 1.99. The van der Waals surface area contributed by atoms with Crippen LogP contribution in [0.2, 0.25) is 0 Å². The van der Waals surface area contributed by atoms with E-state index in [1.165, 1.54) is 15.6 Å². The van der Waals surface area contributed by atoms with E-state index < -0.39 is 0 Å². The number of nitrogens with zero attached hydrogens (tertiary/aromatic N) is 2. The Labute approximate surface area is 170 Å². The number of hydrogen-bond acceptors (Lipinski definition) is 4. The summed E-state index contributed by atoms with van der Waals surface area (Å²) < 4.78 is 6.71. The van der Waals surface area contributed by atoms with Crippen LogP contribution < -0.4 is 9.64 Å². The molecule has 0 aliphatic carbocycles. The molecule has 146 valence electrons. The number of ether oxygens (including phenoxy) is 1. The van der Waals surface area contributed by atoms with Crippen molar-refractivity contribution in [2.24, 2.45) is 0 Å². The van der Waals surface area contributed by atoms with Crippen molar-refractivity contribution < 1.29 is 9.53 Å². The Hall–Kier alpha value is -2.53. The van der Waals surface area contributed by atoms with Gasteiger partial charge < -0.3 is 14.5 Å². The molecule has 2 heterocycles. The van der Waals surface area contributed by atoms with Gasteiger partial charge in [0.25, 0.3) is 5.91 Å². The van der Waals surface area contributed by atoms with Gasteiger partial charge in [0.05, 0.1) is 17.7 Å². The van der Waals surface area contributed by atoms with Gasteiger partial charge in [-0.25, -0.2) is 0 Å². The molecule has 0 saturated carbocycles. The first-order chi connectivity index (χ1) is 13.7. The molecule has 1 aromatic heterocycles. The number of fused-ring (bicyclic) bond motifs is 1. The Bertz CT molecular complexity index is 974. The predicted molar refractivity (Wildman–Crippen MR) is 117 cm³/mol. The quantitative estimate of drug-likeness (QED) is 0.622. The second-order valence-corrected chi connectivity index (χ2v) is 8.16. The Morgan fingerprint density at radius 2 is 1.75 bits per heavy atom. The number of para-hydroxylation sites is 2. The summed E-state index contributed by atoms with van der Waals surface area (Å²) in [5, 5.41) is 1.24. The molecule has 0 N–H and O–H groups in total. The second-order valence-electron chi connectivity index (χ2n) is 7.11. The van der Waals surface area contributed by atoms with Crippen LogP contribution in [-0.4, -0.2) is 44.1 Å². The monoisotopic (exact) mass is 394 g/mol. The lowest BCUT2D eigenvalue weighted by Crippen LogP contribution is -2.48. The van der Waals surface area contributed by atoms with Gasteiger partial charge in [-0.3, -0.25) is 4.79 Å². The van der Waals surface area contributed by atoms with E-state index in [1.807, 2.05) is 23.1 Å². The zero-order valence-corrected chi connectivity index (χ0v) is 17.3. The smallest absolute Gasteiger partial charge is 0.264 e.